The summed E-state index contributed by atoms with van der Waals surface area (Å²) in [7, 11) is 0. The minimum absolute atomic E-state index is 0.251. The van der Waals surface area contributed by atoms with Crippen molar-refractivity contribution >= 4 is 21.9 Å². The lowest BCUT2D eigenvalue weighted by Gasteiger charge is -2.32. The summed E-state index contributed by atoms with van der Waals surface area (Å²) < 4.78 is 5.89. The number of rotatable bonds is 6. The van der Waals surface area contributed by atoms with Gasteiger partial charge in [0.15, 0.2) is 0 Å². The molecular formula is C21H29BrO2. The standard InChI is InChI=1S/C21H29BrO2/c1-6-24-20(23)15-16(2)9-7-11-18(22)12-13-19-17(3)10-8-14-21(19,4)5/h7,9,11-13,15H,6,8,10,14H2,1-5H3/b9-7+,13-12+,16-15+,18-11-. The predicted molar refractivity (Wildman–Crippen MR) is 106 cm³/mol. The average Bonchev–Trinajstić information content (AvgIpc) is 2.46. The Hall–Kier alpha value is -1.35. The summed E-state index contributed by atoms with van der Waals surface area (Å²) in [5.41, 5.74) is 4.05. The summed E-state index contributed by atoms with van der Waals surface area (Å²) in [6.07, 6.45) is 15.3. The molecule has 3 heteroatoms. The van der Waals surface area contributed by atoms with Gasteiger partial charge in [-0.1, -0.05) is 53.6 Å². The summed E-state index contributed by atoms with van der Waals surface area (Å²) in [4.78, 5) is 11.3. The van der Waals surface area contributed by atoms with Crippen molar-refractivity contribution in [1.29, 1.82) is 0 Å². The molecule has 0 fully saturated rings. The van der Waals surface area contributed by atoms with Crippen molar-refractivity contribution < 1.29 is 9.53 Å². The Morgan fingerprint density at radius 1 is 1.33 bits per heavy atom. The lowest BCUT2D eigenvalue weighted by molar-refractivity contribution is -0.137. The van der Waals surface area contributed by atoms with Crippen LogP contribution in [0.25, 0.3) is 0 Å². The first-order valence-electron chi connectivity index (χ1n) is 8.53. The molecular weight excluding hydrogens is 364 g/mol. The number of halogens is 1. The van der Waals surface area contributed by atoms with Crippen LogP contribution >= 0.6 is 15.9 Å². The molecule has 24 heavy (non-hydrogen) atoms. The number of carbonyl (C=O) groups is 1. The fraction of sp³-hybridized carbons (Fsp3) is 0.476. The third kappa shape index (κ3) is 7.04. The van der Waals surface area contributed by atoms with Crippen LogP contribution in [-0.4, -0.2) is 12.6 Å². The minimum Gasteiger partial charge on any atom is -0.463 e. The van der Waals surface area contributed by atoms with E-state index < -0.39 is 0 Å². The van der Waals surface area contributed by atoms with E-state index in [9.17, 15) is 4.79 Å². The molecule has 0 radical (unpaired) electrons. The Morgan fingerprint density at radius 2 is 2.04 bits per heavy atom. The molecule has 0 amide bonds. The SMILES string of the molecule is CCOC(=O)/C=C(C)/C=C/C=C(Br)/C=C/C1=C(C)CCCC1(C)C. The van der Waals surface area contributed by atoms with Crippen LogP contribution in [0.5, 0.6) is 0 Å². The molecule has 1 aliphatic carbocycles. The van der Waals surface area contributed by atoms with Crippen LogP contribution in [-0.2, 0) is 9.53 Å². The van der Waals surface area contributed by atoms with Crippen LogP contribution < -0.4 is 0 Å². The van der Waals surface area contributed by atoms with Gasteiger partial charge in [0.05, 0.1) is 6.61 Å². The third-order valence-electron chi connectivity index (χ3n) is 4.20. The van der Waals surface area contributed by atoms with Crippen LogP contribution in [0.4, 0.5) is 0 Å². The highest BCUT2D eigenvalue weighted by Crippen LogP contribution is 2.40. The Balaban J connectivity index is 2.73. The molecule has 0 aromatic heterocycles. The first kappa shape index (κ1) is 20.7. The maximum Gasteiger partial charge on any atom is 0.330 e. The van der Waals surface area contributed by atoms with E-state index in [1.165, 1.54) is 36.5 Å². The van der Waals surface area contributed by atoms with E-state index >= 15 is 0 Å². The molecule has 2 nitrogen and oxygen atoms in total. The molecule has 1 rings (SSSR count). The van der Waals surface area contributed by atoms with E-state index in [1.54, 1.807) is 6.92 Å². The number of allylic oxidation sites excluding steroid dienone is 9. The highest BCUT2D eigenvalue weighted by atomic mass is 79.9. The van der Waals surface area contributed by atoms with E-state index in [2.05, 4.69) is 48.9 Å². The second-order valence-corrected chi connectivity index (χ2v) is 7.73. The molecule has 0 atom stereocenters. The van der Waals surface area contributed by atoms with Crippen molar-refractivity contribution in [1.82, 2.24) is 0 Å². The molecule has 0 heterocycles. The van der Waals surface area contributed by atoms with Crippen LogP contribution in [0.15, 0.2) is 57.7 Å². The topological polar surface area (TPSA) is 26.3 Å². The smallest absolute Gasteiger partial charge is 0.330 e. The molecule has 0 spiro atoms. The second kappa shape index (κ2) is 9.83. The summed E-state index contributed by atoms with van der Waals surface area (Å²) >= 11 is 3.58. The zero-order valence-corrected chi connectivity index (χ0v) is 17.1. The van der Waals surface area contributed by atoms with Gasteiger partial charge >= 0.3 is 5.97 Å². The Bertz CT molecular complexity index is 601. The average molecular weight is 393 g/mol. The Labute approximate surface area is 155 Å². The quantitative estimate of drug-likeness (QED) is 0.296. The van der Waals surface area contributed by atoms with Crippen molar-refractivity contribution in [3.05, 3.63) is 57.7 Å². The van der Waals surface area contributed by atoms with Crippen LogP contribution in [0, 0.1) is 5.41 Å². The van der Waals surface area contributed by atoms with Gasteiger partial charge in [-0.2, -0.15) is 0 Å². The van der Waals surface area contributed by atoms with Gasteiger partial charge in [0.2, 0.25) is 0 Å². The molecule has 0 aromatic rings. The van der Waals surface area contributed by atoms with Gasteiger partial charge in [-0.3, -0.25) is 0 Å². The molecule has 132 valence electrons. The fourth-order valence-corrected chi connectivity index (χ4v) is 3.22. The normalized spacial score (nSPS) is 19.4. The highest BCUT2D eigenvalue weighted by molar-refractivity contribution is 9.11. The van der Waals surface area contributed by atoms with Gasteiger partial charge in [-0.25, -0.2) is 4.79 Å². The van der Waals surface area contributed by atoms with E-state index in [1.807, 2.05) is 25.2 Å². The molecule has 0 saturated carbocycles. The van der Waals surface area contributed by atoms with E-state index in [-0.39, 0.29) is 11.4 Å². The maximum absolute atomic E-state index is 11.3. The summed E-state index contributed by atoms with van der Waals surface area (Å²) in [6, 6.07) is 0. The third-order valence-corrected chi connectivity index (χ3v) is 4.73. The van der Waals surface area contributed by atoms with E-state index in [4.69, 9.17) is 4.74 Å². The number of ether oxygens (including phenoxy) is 1. The van der Waals surface area contributed by atoms with Crippen molar-refractivity contribution in [2.75, 3.05) is 6.61 Å². The number of carbonyl (C=O) groups excluding carboxylic acids is 1. The van der Waals surface area contributed by atoms with Gasteiger partial charge < -0.3 is 4.74 Å². The highest BCUT2D eigenvalue weighted by Gasteiger charge is 2.26. The van der Waals surface area contributed by atoms with Crippen LogP contribution in [0.1, 0.15) is 53.9 Å². The Kier molecular flexibility index (Phi) is 8.47. The van der Waals surface area contributed by atoms with Crippen LogP contribution in [0.2, 0.25) is 0 Å². The lowest BCUT2D eigenvalue weighted by atomic mass is 9.73. The van der Waals surface area contributed by atoms with Crippen LogP contribution in [0.3, 0.4) is 0 Å². The molecule has 0 bridgehead atoms. The first-order chi connectivity index (χ1) is 11.3. The largest absolute Gasteiger partial charge is 0.463 e. The number of esters is 1. The fourth-order valence-electron chi connectivity index (χ4n) is 2.94. The predicted octanol–water partition coefficient (Wildman–Crippen LogP) is 6.41. The summed E-state index contributed by atoms with van der Waals surface area (Å²) in [6.45, 7) is 10.9. The van der Waals surface area contributed by atoms with Crippen molar-refractivity contribution in [2.45, 2.75) is 53.9 Å². The number of hydrogen-bond acceptors (Lipinski definition) is 2. The lowest BCUT2D eigenvalue weighted by Crippen LogP contribution is -2.18. The number of hydrogen-bond donors (Lipinski definition) is 0. The second-order valence-electron chi connectivity index (χ2n) is 6.82. The van der Waals surface area contributed by atoms with Gasteiger partial charge in [0.25, 0.3) is 0 Å². The Morgan fingerprint density at radius 3 is 2.67 bits per heavy atom. The van der Waals surface area contributed by atoms with Gasteiger partial charge in [0, 0.05) is 10.6 Å². The zero-order chi connectivity index (χ0) is 18.2. The van der Waals surface area contributed by atoms with Gasteiger partial charge in [0.1, 0.15) is 0 Å². The summed E-state index contributed by atoms with van der Waals surface area (Å²) in [5, 5.41) is 0. The monoisotopic (exact) mass is 392 g/mol. The van der Waals surface area contributed by atoms with E-state index in [0.29, 0.717) is 6.61 Å². The molecule has 0 saturated heterocycles. The summed E-state index contributed by atoms with van der Waals surface area (Å²) in [5.74, 6) is -0.301. The van der Waals surface area contributed by atoms with E-state index in [0.717, 1.165) is 10.1 Å². The minimum atomic E-state index is -0.301. The molecule has 0 aliphatic heterocycles. The van der Waals surface area contributed by atoms with Gasteiger partial charge in [-0.05, 0) is 68.7 Å². The van der Waals surface area contributed by atoms with Crippen molar-refractivity contribution in [3.8, 4) is 0 Å². The molecule has 0 unspecified atom stereocenters. The van der Waals surface area contributed by atoms with Crippen molar-refractivity contribution in [2.24, 2.45) is 5.41 Å². The maximum atomic E-state index is 11.3. The molecule has 1 aliphatic rings. The zero-order valence-electron chi connectivity index (χ0n) is 15.5. The molecule has 0 aromatic carbocycles. The van der Waals surface area contributed by atoms with Gasteiger partial charge in [-0.15, -0.1) is 0 Å². The first-order valence-corrected chi connectivity index (χ1v) is 9.33. The molecule has 0 N–H and O–H groups in total. The van der Waals surface area contributed by atoms with Crippen molar-refractivity contribution in [3.63, 3.8) is 0 Å².